The largest absolute Gasteiger partial charge is 0.457 e. The molecule has 5 unspecified atom stereocenters. The number of anilines is 1. The minimum atomic E-state index is -0.526. The fourth-order valence-electron chi connectivity index (χ4n) is 8.52. The zero-order valence-electron chi connectivity index (χ0n) is 32.8. The molecule has 9 heteroatoms. The van der Waals surface area contributed by atoms with Gasteiger partial charge in [0.05, 0.1) is 18.8 Å². The van der Waals surface area contributed by atoms with Gasteiger partial charge in [-0.1, -0.05) is 97.9 Å². The highest BCUT2D eigenvalue weighted by Crippen LogP contribution is 2.43. The average Bonchev–Trinajstić information content (AvgIpc) is 3.94. The zero-order valence-corrected chi connectivity index (χ0v) is 32.8. The summed E-state index contributed by atoms with van der Waals surface area (Å²) in [6.45, 7) is 8.20. The van der Waals surface area contributed by atoms with E-state index in [4.69, 9.17) is 14.2 Å². The van der Waals surface area contributed by atoms with E-state index in [0.717, 1.165) is 58.8 Å². The molecule has 0 saturated carbocycles. The first-order chi connectivity index (χ1) is 28.0. The number of ether oxygens (including phenoxy) is 3. The van der Waals surface area contributed by atoms with Crippen molar-refractivity contribution in [3.63, 3.8) is 0 Å². The van der Waals surface area contributed by atoms with Crippen molar-refractivity contribution in [3.8, 4) is 22.6 Å². The molecule has 2 amide bonds. The van der Waals surface area contributed by atoms with Crippen LogP contribution in [0.1, 0.15) is 67.3 Å². The molecule has 0 spiro atoms. The highest BCUT2D eigenvalue weighted by atomic mass is 16.7. The summed E-state index contributed by atoms with van der Waals surface area (Å²) in [4.78, 5) is 18.3. The Kier molecular flexibility index (Phi) is 12.6. The number of aliphatic hydroxyl groups is 1. The summed E-state index contributed by atoms with van der Waals surface area (Å²) >= 11 is 0. The number of rotatable bonds is 13. The molecule has 5 aromatic rings. The smallest absolute Gasteiger partial charge is 0.319 e. The molecule has 0 radical (unpaired) electrons. The molecule has 0 bridgehead atoms. The molecule has 3 N–H and O–H groups in total. The predicted octanol–water partition coefficient (Wildman–Crippen LogP) is 9.31. The fraction of sp³-hybridized carbons (Fsp3) is 0.354. The fourth-order valence-corrected chi connectivity index (χ4v) is 8.52. The third kappa shape index (κ3) is 9.75. The van der Waals surface area contributed by atoms with E-state index in [0.29, 0.717) is 24.0 Å². The lowest BCUT2D eigenvalue weighted by atomic mass is 9.89. The van der Waals surface area contributed by atoms with Gasteiger partial charge in [-0.2, -0.15) is 0 Å². The lowest BCUT2D eigenvalue weighted by molar-refractivity contribution is -0.276. The maximum atomic E-state index is 12.9. The van der Waals surface area contributed by atoms with Gasteiger partial charge in [-0.15, -0.1) is 0 Å². The second-order valence-corrected chi connectivity index (χ2v) is 15.6. The first kappa shape index (κ1) is 38.8. The van der Waals surface area contributed by atoms with Crippen LogP contribution < -0.4 is 15.4 Å². The van der Waals surface area contributed by atoms with Crippen LogP contribution in [0.4, 0.5) is 10.5 Å². The number of urea groups is 1. The van der Waals surface area contributed by atoms with Crippen LogP contribution in [-0.4, -0.2) is 65.8 Å². The first-order valence-corrected chi connectivity index (χ1v) is 20.5. The number of hydrogen-bond donors (Lipinski definition) is 3. The van der Waals surface area contributed by atoms with E-state index in [1.165, 1.54) is 38.8 Å². The summed E-state index contributed by atoms with van der Waals surface area (Å²) in [6.07, 6.45) is 4.41. The van der Waals surface area contributed by atoms with Crippen LogP contribution in [0, 0.1) is 5.92 Å². The molecule has 8 rings (SSSR count). The number of likely N-dealkylation sites (tertiary alicyclic amines) is 2. The highest BCUT2D eigenvalue weighted by molar-refractivity contribution is 5.89. The van der Waals surface area contributed by atoms with Gasteiger partial charge in [0.1, 0.15) is 11.5 Å². The van der Waals surface area contributed by atoms with Crippen molar-refractivity contribution in [1.82, 2.24) is 15.1 Å². The molecule has 296 valence electrons. The van der Waals surface area contributed by atoms with Gasteiger partial charge in [0.25, 0.3) is 0 Å². The maximum absolute atomic E-state index is 12.9. The van der Waals surface area contributed by atoms with Gasteiger partial charge < -0.3 is 34.9 Å². The maximum Gasteiger partial charge on any atom is 0.319 e. The third-order valence-electron chi connectivity index (χ3n) is 11.7. The SMILES string of the molecule is CC1C(CN2CCCC2CN2CCCC2)OC(c2ccc(-c3ccccc3CNC(=O)Nc3ccc(Oc4ccccc4)cc3)cc2)OC1c1ccc(CO)cc1. The van der Waals surface area contributed by atoms with Gasteiger partial charge in [0.15, 0.2) is 6.29 Å². The van der Waals surface area contributed by atoms with Crippen molar-refractivity contribution >= 4 is 11.7 Å². The van der Waals surface area contributed by atoms with Crippen LogP contribution in [-0.2, 0) is 22.6 Å². The molecule has 0 aliphatic carbocycles. The minimum Gasteiger partial charge on any atom is -0.457 e. The second kappa shape index (κ2) is 18.5. The van der Waals surface area contributed by atoms with Crippen molar-refractivity contribution < 1.29 is 24.1 Å². The first-order valence-electron chi connectivity index (χ1n) is 20.5. The number of hydrogen-bond acceptors (Lipinski definition) is 7. The van der Waals surface area contributed by atoms with Crippen LogP contribution in [0.5, 0.6) is 11.5 Å². The molecule has 9 nitrogen and oxygen atoms in total. The van der Waals surface area contributed by atoms with Crippen molar-refractivity contribution in [2.75, 3.05) is 38.0 Å². The predicted molar refractivity (Wildman–Crippen MR) is 224 cm³/mol. The highest BCUT2D eigenvalue weighted by Gasteiger charge is 2.41. The topological polar surface area (TPSA) is 95.5 Å². The minimum absolute atomic E-state index is 0.0105. The van der Waals surface area contributed by atoms with Crippen LogP contribution in [0.2, 0.25) is 0 Å². The van der Waals surface area contributed by atoms with E-state index < -0.39 is 6.29 Å². The molecule has 3 aliphatic rings. The Bertz CT molecular complexity index is 2040. The van der Waals surface area contributed by atoms with E-state index in [9.17, 15) is 9.90 Å². The molecule has 3 fully saturated rings. The normalized spacial score (nSPS) is 22.7. The Balaban J connectivity index is 0.934. The van der Waals surface area contributed by atoms with E-state index in [2.05, 4.69) is 69.8 Å². The zero-order chi connectivity index (χ0) is 39.0. The van der Waals surface area contributed by atoms with Crippen molar-refractivity contribution in [3.05, 3.63) is 150 Å². The number of nitrogens with one attached hydrogen (secondary N) is 2. The summed E-state index contributed by atoms with van der Waals surface area (Å²) in [7, 11) is 0. The summed E-state index contributed by atoms with van der Waals surface area (Å²) in [5.74, 6) is 1.59. The quantitative estimate of drug-likeness (QED) is 0.110. The van der Waals surface area contributed by atoms with Crippen LogP contribution in [0.15, 0.2) is 127 Å². The number of benzene rings is 5. The van der Waals surface area contributed by atoms with E-state index in [-0.39, 0.29) is 30.8 Å². The second-order valence-electron chi connectivity index (χ2n) is 15.6. The van der Waals surface area contributed by atoms with Gasteiger partial charge in [-0.3, -0.25) is 4.90 Å². The van der Waals surface area contributed by atoms with Crippen LogP contribution in [0.25, 0.3) is 11.1 Å². The Morgan fingerprint density at radius 1 is 0.754 bits per heavy atom. The molecule has 3 saturated heterocycles. The number of para-hydroxylation sites is 1. The molecule has 5 atom stereocenters. The Labute approximate surface area is 336 Å². The Morgan fingerprint density at radius 3 is 2.21 bits per heavy atom. The van der Waals surface area contributed by atoms with E-state index in [1.807, 2.05) is 84.9 Å². The van der Waals surface area contributed by atoms with Gasteiger partial charge in [-0.05, 0) is 110 Å². The average molecular weight is 767 g/mol. The lowest BCUT2D eigenvalue weighted by Crippen LogP contribution is -2.48. The number of carbonyl (C=O) groups excluding carboxylic acids is 1. The number of nitrogens with zero attached hydrogens (tertiary/aromatic N) is 2. The lowest BCUT2D eigenvalue weighted by Gasteiger charge is -2.43. The molecule has 3 heterocycles. The molecule has 3 aliphatic heterocycles. The standard InChI is InChI=1S/C48H54N4O5/c1-34-45(32-52-29-9-11-41(52)31-51-27-7-8-28-51)56-47(57-46(34)37-17-15-35(33-53)16-18-37)38-21-19-36(20-22-38)44-14-6-5-10-39(44)30-49-48(54)50-40-23-25-43(26-24-40)55-42-12-3-2-4-13-42/h2-6,10,12-26,34,41,45-47,53H,7-9,11,27-33H2,1H3,(H2,49,50,54). The summed E-state index contributed by atoms with van der Waals surface area (Å²) in [5, 5.41) is 15.6. The van der Waals surface area contributed by atoms with Gasteiger partial charge >= 0.3 is 6.03 Å². The van der Waals surface area contributed by atoms with E-state index in [1.54, 1.807) is 0 Å². The van der Waals surface area contributed by atoms with Gasteiger partial charge in [0.2, 0.25) is 0 Å². The molecular formula is C48H54N4O5. The van der Waals surface area contributed by atoms with Crippen molar-refractivity contribution in [2.24, 2.45) is 5.92 Å². The van der Waals surface area contributed by atoms with E-state index >= 15 is 0 Å². The van der Waals surface area contributed by atoms with Crippen molar-refractivity contribution in [2.45, 2.75) is 70.3 Å². The summed E-state index contributed by atoms with van der Waals surface area (Å²) in [5.41, 5.74) is 6.73. The number of amides is 2. The molecule has 5 aromatic carbocycles. The monoisotopic (exact) mass is 766 g/mol. The Hall–Kier alpha value is -5.03. The van der Waals surface area contributed by atoms with Gasteiger partial charge in [0, 0.05) is 42.8 Å². The van der Waals surface area contributed by atoms with Crippen molar-refractivity contribution in [1.29, 1.82) is 0 Å². The molecule has 57 heavy (non-hydrogen) atoms. The van der Waals surface area contributed by atoms with Gasteiger partial charge in [-0.25, -0.2) is 4.79 Å². The Morgan fingerprint density at radius 2 is 1.46 bits per heavy atom. The number of carbonyl (C=O) groups is 1. The summed E-state index contributed by atoms with van der Waals surface area (Å²) < 4.78 is 19.6. The van der Waals surface area contributed by atoms with Crippen LogP contribution >= 0.6 is 0 Å². The van der Waals surface area contributed by atoms with Crippen LogP contribution in [0.3, 0.4) is 0 Å². The summed E-state index contributed by atoms with van der Waals surface area (Å²) in [6, 6.07) is 41.9. The molecule has 0 aromatic heterocycles. The third-order valence-corrected chi connectivity index (χ3v) is 11.7. The molecular weight excluding hydrogens is 713 g/mol. The number of aliphatic hydroxyl groups excluding tert-OH is 1.